The molecule has 4 nitrogen and oxygen atoms in total. The molecule has 106 valence electrons. The van der Waals surface area contributed by atoms with E-state index in [9.17, 15) is 4.79 Å². The molecule has 2 unspecified atom stereocenters. The Morgan fingerprint density at radius 2 is 2.22 bits per heavy atom. The van der Waals surface area contributed by atoms with Crippen molar-refractivity contribution >= 4 is 5.97 Å². The van der Waals surface area contributed by atoms with Crippen LogP contribution in [0, 0.1) is 5.92 Å². The summed E-state index contributed by atoms with van der Waals surface area (Å²) in [4.78, 5) is 13.1. The van der Waals surface area contributed by atoms with Crippen LogP contribution in [0.4, 0.5) is 0 Å². The Labute approximate surface area is 110 Å². The van der Waals surface area contributed by atoms with Crippen LogP contribution < -0.4 is 0 Å². The van der Waals surface area contributed by atoms with Gasteiger partial charge >= 0.3 is 5.97 Å². The Balaban J connectivity index is 2.56. The van der Waals surface area contributed by atoms with Crippen LogP contribution in [0.3, 0.4) is 0 Å². The second kappa shape index (κ2) is 7.74. The molecule has 1 heterocycles. The van der Waals surface area contributed by atoms with Gasteiger partial charge in [-0.3, -0.25) is 9.69 Å². The Morgan fingerprint density at radius 3 is 2.78 bits per heavy atom. The standard InChI is InChI=1S/C14H27NO3/c1-4-5-13-8-12(6-7-18-13)15(9-11(2)3)10-14(16)17/h11-13H,4-10H2,1-3H3,(H,16,17). The van der Waals surface area contributed by atoms with Crippen LogP contribution in [0.2, 0.25) is 0 Å². The predicted molar refractivity (Wildman–Crippen MR) is 71.7 cm³/mol. The molecule has 4 heteroatoms. The van der Waals surface area contributed by atoms with E-state index in [1.807, 2.05) is 0 Å². The van der Waals surface area contributed by atoms with Crippen LogP contribution in [0.5, 0.6) is 0 Å². The molecule has 0 spiro atoms. The topological polar surface area (TPSA) is 49.8 Å². The van der Waals surface area contributed by atoms with Crippen LogP contribution in [-0.4, -0.2) is 47.8 Å². The molecular weight excluding hydrogens is 230 g/mol. The molecule has 0 saturated carbocycles. The van der Waals surface area contributed by atoms with E-state index in [0.29, 0.717) is 18.1 Å². The molecule has 1 aliphatic heterocycles. The first-order valence-electron chi connectivity index (χ1n) is 7.10. The molecule has 0 radical (unpaired) electrons. The zero-order chi connectivity index (χ0) is 13.5. The van der Waals surface area contributed by atoms with Gasteiger partial charge in [0.2, 0.25) is 0 Å². The first-order valence-corrected chi connectivity index (χ1v) is 7.10. The highest BCUT2D eigenvalue weighted by atomic mass is 16.5. The van der Waals surface area contributed by atoms with Crippen molar-refractivity contribution in [3.05, 3.63) is 0 Å². The summed E-state index contributed by atoms with van der Waals surface area (Å²) in [6.45, 7) is 8.21. The lowest BCUT2D eigenvalue weighted by atomic mass is 9.97. The molecule has 0 aromatic rings. The van der Waals surface area contributed by atoms with Crippen molar-refractivity contribution in [3.63, 3.8) is 0 Å². The third-order valence-electron chi connectivity index (χ3n) is 3.40. The molecule has 2 atom stereocenters. The van der Waals surface area contributed by atoms with Gasteiger partial charge in [0, 0.05) is 19.2 Å². The number of aliphatic carboxylic acids is 1. The zero-order valence-corrected chi connectivity index (χ0v) is 11.9. The van der Waals surface area contributed by atoms with E-state index < -0.39 is 5.97 Å². The third kappa shape index (κ3) is 5.36. The first-order chi connectivity index (χ1) is 8.52. The van der Waals surface area contributed by atoms with E-state index in [-0.39, 0.29) is 6.54 Å². The number of nitrogens with zero attached hydrogens (tertiary/aromatic N) is 1. The van der Waals surface area contributed by atoms with Gasteiger partial charge in [-0.1, -0.05) is 27.2 Å². The van der Waals surface area contributed by atoms with Crippen molar-refractivity contribution in [2.45, 2.75) is 58.6 Å². The van der Waals surface area contributed by atoms with Gasteiger partial charge in [0.15, 0.2) is 0 Å². The molecule has 0 aromatic carbocycles. The molecule has 1 fully saturated rings. The number of carbonyl (C=O) groups is 1. The summed E-state index contributed by atoms with van der Waals surface area (Å²) in [6.07, 6.45) is 4.46. The van der Waals surface area contributed by atoms with Crippen LogP contribution >= 0.6 is 0 Å². The summed E-state index contributed by atoms with van der Waals surface area (Å²) in [5, 5.41) is 9.02. The number of ether oxygens (including phenoxy) is 1. The van der Waals surface area contributed by atoms with Gasteiger partial charge in [-0.15, -0.1) is 0 Å². The van der Waals surface area contributed by atoms with Gasteiger partial charge in [0.05, 0.1) is 12.6 Å². The quantitative estimate of drug-likeness (QED) is 0.760. The predicted octanol–water partition coefficient (Wildman–Crippen LogP) is 2.38. The van der Waals surface area contributed by atoms with E-state index >= 15 is 0 Å². The Hall–Kier alpha value is -0.610. The van der Waals surface area contributed by atoms with Crippen molar-refractivity contribution < 1.29 is 14.6 Å². The van der Waals surface area contributed by atoms with Crippen LogP contribution in [0.25, 0.3) is 0 Å². The summed E-state index contributed by atoms with van der Waals surface area (Å²) in [7, 11) is 0. The van der Waals surface area contributed by atoms with Crippen LogP contribution in [0.1, 0.15) is 46.5 Å². The van der Waals surface area contributed by atoms with E-state index in [1.165, 1.54) is 0 Å². The van der Waals surface area contributed by atoms with Crippen molar-refractivity contribution in [2.24, 2.45) is 5.92 Å². The smallest absolute Gasteiger partial charge is 0.317 e. The lowest BCUT2D eigenvalue weighted by molar-refractivity contribution is -0.140. The molecule has 18 heavy (non-hydrogen) atoms. The minimum absolute atomic E-state index is 0.154. The lowest BCUT2D eigenvalue weighted by Crippen LogP contribution is -2.46. The van der Waals surface area contributed by atoms with Crippen molar-refractivity contribution in [1.82, 2.24) is 4.90 Å². The largest absolute Gasteiger partial charge is 0.480 e. The summed E-state index contributed by atoms with van der Waals surface area (Å²) in [5.74, 6) is -0.231. The Bertz CT molecular complexity index is 253. The lowest BCUT2D eigenvalue weighted by Gasteiger charge is -2.37. The second-order valence-electron chi connectivity index (χ2n) is 5.68. The normalized spacial score (nSPS) is 24.7. The minimum Gasteiger partial charge on any atom is -0.480 e. The number of rotatable bonds is 7. The van der Waals surface area contributed by atoms with Gasteiger partial charge < -0.3 is 9.84 Å². The van der Waals surface area contributed by atoms with E-state index in [4.69, 9.17) is 9.84 Å². The van der Waals surface area contributed by atoms with E-state index in [2.05, 4.69) is 25.7 Å². The highest BCUT2D eigenvalue weighted by Gasteiger charge is 2.28. The highest BCUT2D eigenvalue weighted by molar-refractivity contribution is 5.69. The molecule has 1 aliphatic rings. The average molecular weight is 257 g/mol. The molecule has 1 rings (SSSR count). The van der Waals surface area contributed by atoms with E-state index in [0.717, 1.165) is 38.8 Å². The Morgan fingerprint density at radius 1 is 1.50 bits per heavy atom. The third-order valence-corrected chi connectivity index (χ3v) is 3.40. The molecule has 1 N–H and O–H groups in total. The molecular formula is C14H27NO3. The fraction of sp³-hybridized carbons (Fsp3) is 0.929. The molecule has 1 saturated heterocycles. The van der Waals surface area contributed by atoms with Gasteiger partial charge in [-0.25, -0.2) is 0 Å². The van der Waals surface area contributed by atoms with Crippen LogP contribution in [0.15, 0.2) is 0 Å². The summed E-state index contributed by atoms with van der Waals surface area (Å²) in [5.41, 5.74) is 0. The average Bonchev–Trinajstić information content (AvgIpc) is 2.28. The Kier molecular flexibility index (Phi) is 6.65. The van der Waals surface area contributed by atoms with Gasteiger partial charge in [-0.05, 0) is 25.2 Å². The number of hydrogen-bond acceptors (Lipinski definition) is 3. The van der Waals surface area contributed by atoms with Gasteiger partial charge in [0.25, 0.3) is 0 Å². The fourth-order valence-corrected chi connectivity index (χ4v) is 2.70. The number of carboxylic acids is 1. The highest BCUT2D eigenvalue weighted by Crippen LogP contribution is 2.22. The second-order valence-corrected chi connectivity index (χ2v) is 5.68. The molecule has 0 aromatic heterocycles. The van der Waals surface area contributed by atoms with Crippen molar-refractivity contribution in [1.29, 1.82) is 0 Å². The minimum atomic E-state index is -0.728. The maximum Gasteiger partial charge on any atom is 0.317 e. The maximum atomic E-state index is 11.0. The summed E-state index contributed by atoms with van der Waals surface area (Å²) in [6, 6.07) is 0.369. The van der Waals surface area contributed by atoms with E-state index in [1.54, 1.807) is 0 Å². The van der Waals surface area contributed by atoms with Crippen molar-refractivity contribution in [3.8, 4) is 0 Å². The van der Waals surface area contributed by atoms with Crippen molar-refractivity contribution in [2.75, 3.05) is 19.7 Å². The maximum absolute atomic E-state index is 11.0. The van der Waals surface area contributed by atoms with Gasteiger partial charge in [-0.2, -0.15) is 0 Å². The first kappa shape index (κ1) is 15.4. The fourth-order valence-electron chi connectivity index (χ4n) is 2.70. The SMILES string of the molecule is CCCC1CC(N(CC(=O)O)CC(C)C)CCO1. The number of carboxylic acid groups (broad SMARTS) is 1. The molecule has 0 aliphatic carbocycles. The molecule has 0 bridgehead atoms. The molecule has 0 amide bonds. The monoisotopic (exact) mass is 257 g/mol. The number of hydrogen-bond donors (Lipinski definition) is 1. The van der Waals surface area contributed by atoms with Crippen LogP contribution in [-0.2, 0) is 9.53 Å². The summed E-state index contributed by atoms with van der Waals surface area (Å²) >= 11 is 0. The van der Waals surface area contributed by atoms with Gasteiger partial charge in [0.1, 0.15) is 0 Å². The summed E-state index contributed by atoms with van der Waals surface area (Å²) < 4.78 is 5.73. The zero-order valence-electron chi connectivity index (χ0n) is 11.9.